The summed E-state index contributed by atoms with van der Waals surface area (Å²) in [5.74, 6) is 1.10. The van der Waals surface area contributed by atoms with Crippen LogP contribution in [0.15, 0.2) is 128 Å². The number of nitrogens with two attached hydrogens (primary N) is 2. The summed E-state index contributed by atoms with van der Waals surface area (Å²) < 4.78 is 25.3. The van der Waals surface area contributed by atoms with E-state index in [0.717, 1.165) is 75.8 Å². The van der Waals surface area contributed by atoms with Gasteiger partial charge in [0.1, 0.15) is 28.6 Å². The molecule has 2 aliphatic carbocycles. The van der Waals surface area contributed by atoms with Crippen molar-refractivity contribution in [2.24, 2.45) is 11.5 Å². The molecule has 0 aliphatic heterocycles. The molecular formula is C48H49FN6O4. The van der Waals surface area contributed by atoms with Crippen LogP contribution in [0.2, 0.25) is 0 Å². The summed E-state index contributed by atoms with van der Waals surface area (Å²) in [6.45, 7) is 1.77. The molecule has 2 aliphatic rings. The van der Waals surface area contributed by atoms with Crippen molar-refractivity contribution in [2.45, 2.75) is 63.5 Å². The highest BCUT2D eigenvalue weighted by atomic mass is 19.1. The van der Waals surface area contributed by atoms with E-state index in [9.17, 15) is 14.0 Å². The van der Waals surface area contributed by atoms with Crippen molar-refractivity contribution in [1.82, 2.24) is 20.6 Å². The number of hydrogen-bond donors (Lipinski definition) is 4. The minimum Gasteiger partial charge on any atom is -0.456 e. The largest absolute Gasteiger partial charge is 0.456 e. The van der Waals surface area contributed by atoms with E-state index in [1.807, 2.05) is 36.4 Å². The van der Waals surface area contributed by atoms with Crippen LogP contribution in [0.25, 0.3) is 0 Å². The van der Waals surface area contributed by atoms with Crippen LogP contribution in [-0.4, -0.2) is 47.0 Å². The Bertz CT molecular complexity index is 2360. The second-order valence-corrected chi connectivity index (χ2v) is 14.9. The first kappa shape index (κ1) is 40.8. The van der Waals surface area contributed by atoms with E-state index in [1.165, 1.54) is 46.3 Å². The van der Waals surface area contributed by atoms with Crippen molar-refractivity contribution < 1.29 is 23.5 Å². The van der Waals surface area contributed by atoms with E-state index in [0.29, 0.717) is 35.0 Å². The van der Waals surface area contributed by atoms with Gasteiger partial charge < -0.3 is 31.6 Å². The van der Waals surface area contributed by atoms with Gasteiger partial charge in [-0.2, -0.15) is 0 Å². The van der Waals surface area contributed by atoms with E-state index in [1.54, 1.807) is 36.5 Å². The van der Waals surface area contributed by atoms with Gasteiger partial charge in [-0.1, -0.05) is 60.7 Å². The Hall–Kier alpha value is -6.43. The van der Waals surface area contributed by atoms with E-state index >= 15 is 0 Å². The Morgan fingerprint density at radius 1 is 0.678 bits per heavy atom. The SMILES string of the molecule is NC(=O)c1ccc(Oc2cccc3c2CC(NCCc2ccccc2)CC3)nc1.NC(=O)c1cnccc1Oc1ccc2c(c1)CC(NCCc1cccc(F)c1)CC2. The third kappa shape index (κ3) is 11.4. The topological polar surface area (TPSA) is 154 Å². The Morgan fingerprint density at radius 3 is 2.17 bits per heavy atom. The number of nitrogens with one attached hydrogen (secondary N) is 2. The summed E-state index contributed by atoms with van der Waals surface area (Å²) in [7, 11) is 0. The molecule has 2 aromatic heterocycles. The van der Waals surface area contributed by atoms with E-state index in [2.05, 4.69) is 57.0 Å². The maximum Gasteiger partial charge on any atom is 0.254 e. The average Bonchev–Trinajstić information content (AvgIpc) is 3.25. The smallest absolute Gasteiger partial charge is 0.254 e. The lowest BCUT2D eigenvalue weighted by Gasteiger charge is -2.27. The van der Waals surface area contributed by atoms with E-state index in [4.69, 9.17) is 20.9 Å². The number of pyridine rings is 2. The zero-order valence-corrected chi connectivity index (χ0v) is 32.9. The van der Waals surface area contributed by atoms with Gasteiger partial charge in [0.25, 0.3) is 5.91 Å². The molecule has 4 aromatic carbocycles. The van der Waals surface area contributed by atoms with Crippen molar-refractivity contribution in [3.8, 4) is 23.1 Å². The lowest BCUT2D eigenvalue weighted by molar-refractivity contribution is 0.0990. The molecule has 0 radical (unpaired) electrons. The molecule has 0 spiro atoms. The maximum atomic E-state index is 13.3. The van der Waals surface area contributed by atoms with Crippen LogP contribution >= 0.6 is 0 Å². The summed E-state index contributed by atoms with van der Waals surface area (Å²) >= 11 is 0. The van der Waals surface area contributed by atoms with Crippen LogP contribution in [0.1, 0.15) is 66.9 Å². The Kier molecular flexibility index (Phi) is 13.7. The molecule has 6 N–H and O–H groups in total. The summed E-state index contributed by atoms with van der Waals surface area (Å²) in [4.78, 5) is 30.9. The van der Waals surface area contributed by atoms with Crippen LogP contribution in [0.4, 0.5) is 4.39 Å². The number of halogens is 1. The van der Waals surface area contributed by atoms with Gasteiger partial charge in [0.05, 0.1) is 5.56 Å². The minimum absolute atomic E-state index is 0.194. The Balaban J connectivity index is 0.000000179. The fourth-order valence-electron chi connectivity index (χ4n) is 7.66. The highest BCUT2D eigenvalue weighted by molar-refractivity contribution is 5.95. The molecule has 2 heterocycles. The van der Waals surface area contributed by atoms with Crippen molar-refractivity contribution in [1.29, 1.82) is 0 Å². The fourth-order valence-corrected chi connectivity index (χ4v) is 7.66. The number of amides is 2. The third-order valence-electron chi connectivity index (χ3n) is 10.8. The molecule has 10 nitrogen and oxygen atoms in total. The Morgan fingerprint density at radius 2 is 1.42 bits per heavy atom. The van der Waals surface area contributed by atoms with Gasteiger partial charge in [-0.25, -0.2) is 9.37 Å². The highest BCUT2D eigenvalue weighted by Crippen LogP contribution is 2.33. The molecule has 302 valence electrons. The van der Waals surface area contributed by atoms with Crippen LogP contribution in [0, 0.1) is 5.82 Å². The van der Waals surface area contributed by atoms with Gasteiger partial charge in [-0.05, 0) is 140 Å². The van der Waals surface area contributed by atoms with Crippen molar-refractivity contribution >= 4 is 11.8 Å². The lowest BCUT2D eigenvalue weighted by Crippen LogP contribution is -2.36. The van der Waals surface area contributed by atoms with Gasteiger partial charge in [0.15, 0.2) is 0 Å². The highest BCUT2D eigenvalue weighted by Gasteiger charge is 2.22. The van der Waals surface area contributed by atoms with Gasteiger partial charge in [0, 0.05) is 36.7 Å². The normalized spacial score (nSPS) is 15.5. The van der Waals surface area contributed by atoms with Gasteiger partial charge >= 0.3 is 0 Å². The zero-order chi connectivity index (χ0) is 41.0. The molecule has 6 aromatic rings. The molecule has 2 amide bonds. The van der Waals surface area contributed by atoms with Crippen molar-refractivity contribution in [3.05, 3.63) is 178 Å². The number of nitrogens with zero attached hydrogens (tertiary/aromatic N) is 2. The second kappa shape index (κ2) is 19.8. The maximum absolute atomic E-state index is 13.3. The molecular weight excluding hydrogens is 744 g/mol. The van der Waals surface area contributed by atoms with Gasteiger partial charge in [0.2, 0.25) is 11.8 Å². The molecule has 2 atom stereocenters. The predicted molar refractivity (Wildman–Crippen MR) is 226 cm³/mol. The number of aryl methyl sites for hydroxylation is 2. The monoisotopic (exact) mass is 792 g/mol. The number of hydrogen-bond acceptors (Lipinski definition) is 8. The summed E-state index contributed by atoms with van der Waals surface area (Å²) in [5, 5.41) is 7.29. The first-order valence-corrected chi connectivity index (χ1v) is 20.1. The van der Waals surface area contributed by atoms with Crippen molar-refractivity contribution in [2.75, 3.05) is 13.1 Å². The third-order valence-corrected chi connectivity index (χ3v) is 10.8. The average molecular weight is 793 g/mol. The summed E-state index contributed by atoms with van der Waals surface area (Å²) in [6.07, 6.45) is 12.3. The molecule has 8 rings (SSSR count). The number of primary amides is 2. The zero-order valence-electron chi connectivity index (χ0n) is 32.9. The fraction of sp³-hybridized carbons (Fsp3) is 0.250. The molecule has 0 saturated heterocycles. The lowest BCUT2D eigenvalue weighted by atomic mass is 9.87. The quantitative estimate of drug-likeness (QED) is 0.0887. The van der Waals surface area contributed by atoms with E-state index < -0.39 is 11.8 Å². The number of benzene rings is 4. The predicted octanol–water partition coefficient (Wildman–Crippen LogP) is 7.46. The number of carbonyl (C=O) groups is 2. The first-order valence-electron chi connectivity index (χ1n) is 20.1. The standard InChI is InChI=1S/C24H24FN3O2.C24H25N3O2/c25-19-3-1-2-16(12-19)8-11-28-20-6-4-17-5-7-21(14-18(17)13-20)30-23-9-10-27-15-22(23)24(26)29;25-24(28)19-10-12-23(27-16-19)29-22-8-4-7-18-9-11-20(15-21(18)22)26-14-13-17-5-2-1-3-6-17/h1-3,5,7,9-10,12,14-15,20,28H,4,6,8,11,13H2,(H2,26,29);1-8,10,12,16,20,26H,9,11,13-15H2,(H2,25,28). The van der Waals surface area contributed by atoms with Crippen LogP contribution < -0.4 is 31.6 Å². The van der Waals surface area contributed by atoms with Crippen LogP contribution in [-0.2, 0) is 38.5 Å². The van der Waals surface area contributed by atoms with E-state index in [-0.39, 0.29) is 11.4 Å². The molecule has 2 unspecified atom stereocenters. The number of carbonyl (C=O) groups excluding carboxylic acids is 2. The molecule has 0 bridgehead atoms. The molecule has 59 heavy (non-hydrogen) atoms. The number of fused-ring (bicyclic) bond motifs is 2. The minimum atomic E-state index is -0.571. The second-order valence-electron chi connectivity index (χ2n) is 14.9. The van der Waals surface area contributed by atoms with Crippen LogP contribution in [0.3, 0.4) is 0 Å². The van der Waals surface area contributed by atoms with Crippen molar-refractivity contribution in [3.63, 3.8) is 0 Å². The number of ether oxygens (including phenoxy) is 2. The molecule has 0 saturated carbocycles. The summed E-state index contributed by atoms with van der Waals surface area (Å²) in [5.41, 5.74) is 18.8. The summed E-state index contributed by atoms with van der Waals surface area (Å²) in [6, 6.07) is 35.2. The molecule has 0 fully saturated rings. The van der Waals surface area contributed by atoms with Crippen LogP contribution in [0.5, 0.6) is 23.1 Å². The number of rotatable bonds is 14. The van der Waals surface area contributed by atoms with Gasteiger partial charge in [-0.3, -0.25) is 14.6 Å². The first-order chi connectivity index (χ1) is 28.8. The molecule has 11 heteroatoms. The number of aromatic nitrogens is 2. The Labute approximate surface area is 344 Å². The van der Waals surface area contributed by atoms with Gasteiger partial charge in [-0.15, -0.1) is 0 Å².